The predicted octanol–water partition coefficient (Wildman–Crippen LogP) is -3.19. The van der Waals surface area contributed by atoms with E-state index in [4.69, 9.17) is 25.7 Å². The molecule has 0 aromatic carbocycles. The number of allylic oxidation sites excluding steroid dienone is 1. The van der Waals surface area contributed by atoms with E-state index in [1.165, 1.54) is 23.4 Å². The molecule has 1 amide bonds. The number of phosphoric ester groups is 2. The van der Waals surface area contributed by atoms with Crippen LogP contribution in [0.15, 0.2) is 36.7 Å². The van der Waals surface area contributed by atoms with Crippen LogP contribution in [0.1, 0.15) is 12.6 Å². The third-order valence-electron chi connectivity index (χ3n) is 7.20. The van der Waals surface area contributed by atoms with Crippen molar-refractivity contribution in [2.45, 2.75) is 55.2 Å². The lowest BCUT2D eigenvalue weighted by Gasteiger charge is -2.30. The van der Waals surface area contributed by atoms with Crippen molar-refractivity contribution in [3.63, 3.8) is 0 Å². The molecule has 5 heterocycles. The molecule has 10 atom stereocenters. The highest BCUT2D eigenvalue weighted by atomic mass is 31.3. The van der Waals surface area contributed by atoms with E-state index in [0.29, 0.717) is 0 Å². The van der Waals surface area contributed by atoms with Crippen molar-refractivity contribution in [2.24, 2.45) is 5.73 Å². The van der Waals surface area contributed by atoms with E-state index in [2.05, 4.69) is 28.3 Å². The molecule has 2 fully saturated rings. The fourth-order valence-corrected chi connectivity index (χ4v) is 7.00. The number of primary amides is 1. The van der Waals surface area contributed by atoms with Gasteiger partial charge in [0.2, 0.25) is 5.91 Å². The minimum absolute atomic E-state index is 0.0283. The highest BCUT2D eigenvalue weighted by Crippen LogP contribution is 2.61. The van der Waals surface area contributed by atoms with Crippen molar-refractivity contribution in [1.82, 2.24) is 24.4 Å². The van der Waals surface area contributed by atoms with Gasteiger partial charge in [-0.2, -0.15) is 4.31 Å². The Labute approximate surface area is 262 Å². The number of carbonyl (C=O) groups excluding carboxylic acids is 2. The van der Waals surface area contributed by atoms with Gasteiger partial charge in [-0.25, -0.2) is 24.1 Å². The molecule has 3 aliphatic heterocycles. The molecule has 2 aromatic heterocycles. The van der Waals surface area contributed by atoms with Crippen LogP contribution in [0.3, 0.4) is 0 Å². The Kier molecular flexibility index (Phi) is 9.84. The van der Waals surface area contributed by atoms with Crippen LogP contribution >= 0.6 is 15.6 Å². The summed E-state index contributed by atoms with van der Waals surface area (Å²) in [4.78, 5) is 56.0. The van der Waals surface area contributed by atoms with Crippen LogP contribution in [0.4, 0.5) is 5.82 Å². The molecular formula is C22H29N7O16P2. The van der Waals surface area contributed by atoms with E-state index in [1.54, 1.807) is 0 Å². The first-order valence-electron chi connectivity index (χ1n) is 13.3. The number of imidazole rings is 1. The average Bonchev–Trinajstić information content (AvgIpc) is 3.64. The van der Waals surface area contributed by atoms with E-state index in [9.17, 15) is 48.9 Å². The highest BCUT2D eigenvalue weighted by molar-refractivity contribution is 7.61. The van der Waals surface area contributed by atoms with Crippen molar-refractivity contribution < 1.29 is 76.5 Å². The van der Waals surface area contributed by atoms with E-state index < -0.39 is 83.5 Å². The summed E-state index contributed by atoms with van der Waals surface area (Å²) in [6, 6.07) is 0. The van der Waals surface area contributed by atoms with Gasteiger partial charge < -0.3 is 60.8 Å². The van der Waals surface area contributed by atoms with E-state index >= 15 is 0 Å². The molecule has 25 heteroatoms. The van der Waals surface area contributed by atoms with E-state index in [-0.39, 0.29) is 35.4 Å². The van der Waals surface area contributed by atoms with Gasteiger partial charge in [0.1, 0.15) is 42.9 Å². The molecule has 2 unspecified atom stereocenters. The molecule has 0 saturated carbocycles. The van der Waals surface area contributed by atoms with Crippen LogP contribution in [0, 0.1) is 0 Å². The number of amides is 1. The van der Waals surface area contributed by atoms with Crippen molar-refractivity contribution >= 4 is 45.0 Å². The van der Waals surface area contributed by atoms with E-state index in [1.807, 2.05) is 0 Å². The maximum absolute atomic E-state index is 12.6. The number of phosphoric acid groups is 2. The second kappa shape index (κ2) is 13.2. The van der Waals surface area contributed by atoms with E-state index in [0.717, 1.165) is 17.2 Å². The number of nitrogen functional groups attached to an aromatic ring is 1. The summed E-state index contributed by atoms with van der Waals surface area (Å²) < 4.78 is 55.7. The summed E-state index contributed by atoms with van der Waals surface area (Å²) in [6.45, 7) is -2.54. The lowest BCUT2D eigenvalue weighted by atomic mass is 10.1. The van der Waals surface area contributed by atoms with Gasteiger partial charge in [0.15, 0.2) is 30.0 Å². The lowest BCUT2D eigenvalue weighted by molar-refractivity contribution is -0.259. The van der Waals surface area contributed by atoms with Crippen LogP contribution in [0.25, 0.3) is 11.2 Å². The van der Waals surface area contributed by atoms with Crippen LogP contribution in [-0.2, 0) is 46.3 Å². The second-order valence-electron chi connectivity index (χ2n) is 10.2. The number of rotatable bonds is 13. The van der Waals surface area contributed by atoms with Crippen LogP contribution in [0.5, 0.6) is 0 Å². The zero-order valence-electron chi connectivity index (χ0n) is 23.7. The van der Waals surface area contributed by atoms with Crippen molar-refractivity contribution in [3.8, 4) is 0 Å². The number of aliphatic hydroxyl groups excluding tert-OH is 4. The second-order valence-corrected chi connectivity index (χ2v) is 13.3. The summed E-state index contributed by atoms with van der Waals surface area (Å²) in [5, 5.41) is 42.2. The Morgan fingerprint density at radius 3 is 2.51 bits per heavy atom. The van der Waals surface area contributed by atoms with Gasteiger partial charge in [0.25, 0.3) is 12.3 Å². The number of anilines is 1. The molecule has 2 saturated heterocycles. The fourth-order valence-electron chi connectivity index (χ4n) is 4.90. The zero-order chi connectivity index (χ0) is 34.3. The number of aromatic nitrogens is 4. The summed E-state index contributed by atoms with van der Waals surface area (Å²) in [5.41, 5.74) is 11.3. The highest BCUT2D eigenvalue weighted by Gasteiger charge is 2.59. The Bertz CT molecular complexity index is 1670. The summed E-state index contributed by atoms with van der Waals surface area (Å²) in [7, 11) is -11.1. The predicted molar refractivity (Wildman–Crippen MR) is 148 cm³/mol. The first kappa shape index (κ1) is 34.9. The molecule has 5 rings (SSSR count). The van der Waals surface area contributed by atoms with Crippen LogP contribution in [-0.4, -0.2) is 123 Å². The number of nitrogens with two attached hydrogens (primary N) is 2. The Hall–Kier alpha value is -3.41. The van der Waals surface area contributed by atoms with Gasteiger partial charge >= 0.3 is 15.6 Å². The van der Waals surface area contributed by atoms with Gasteiger partial charge in [-0.3, -0.25) is 23.2 Å². The largest absolute Gasteiger partial charge is 0.481 e. The van der Waals surface area contributed by atoms with Gasteiger partial charge in [-0.1, -0.05) is 6.08 Å². The number of hydrogen-bond acceptors (Lipinski definition) is 19. The number of carbonyl (C=O) groups is 2. The average molecular weight is 709 g/mol. The Morgan fingerprint density at radius 2 is 1.81 bits per heavy atom. The first-order valence-corrected chi connectivity index (χ1v) is 16.3. The molecule has 23 nitrogen and oxygen atoms in total. The first-order chi connectivity index (χ1) is 22.1. The number of nitrogens with zero attached hydrogens (tertiary/aromatic N) is 5. The van der Waals surface area contributed by atoms with Gasteiger partial charge in [0.05, 0.1) is 12.9 Å². The van der Waals surface area contributed by atoms with Crippen LogP contribution < -0.4 is 11.5 Å². The summed E-state index contributed by atoms with van der Waals surface area (Å²) in [5.74, 6) is -3.45. The third kappa shape index (κ3) is 7.07. The normalized spacial score (nSPS) is 33.4. The molecule has 0 bridgehead atoms. The van der Waals surface area contributed by atoms with Crippen LogP contribution in [0.2, 0.25) is 0 Å². The topological polar surface area (TPSA) is 344 Å². The van der Waals surface area contributed by atoms with Gasteiger partial charge in [-0.15, -0.1) is 0 Å². The number of fused-ring (bicyclic) bond motifs is 1. The summed E-state index contributed by atoms with van der Waals surface area (Å²) in [6.07, 6.45) is -5.07. The lowest BCUT2D eigenvalue weighted by Crippen LogP contribution is -2.49. The number of hydrogen-bond donors (Lipinski definition) is 8. The third-order valence-corrected chi connectivity index (χ3v) is 9.78. The standard InChI is InChI=1S/C22H29N7O16P2/c23-17-12-19(26-7-25-17)29(8-27-12)21-15(33)16(34)22(44-21,40-9-30)6-42-47(38,39)45-46(36,37)41-5-11-13(31)14(32)20(43-11)28-3-1-2-10(4-28)18(24)35/h1,3-4,7-9,11,13-16,20-21,31-34H,2,5-6H2,(H2,24,35)(H,36,37)(H,38,39)(H2,23,25,26)/t11-,13-,14-,15-,16+,20-,21-,22+/m1/s1. The molecule has 47 heavy (non-hydrogen) atoms. The molecule has 2 aromatic rings. The van der Waals surface area contributed by atoms with Crippen molar-refractivity contribution in [2.75, 3.05) is 18.9 Å². The molecule has 10 N–H and O–H groups in total. The maximum Gasteiger partial charge on any atom is 0.481 e. The van der Waals surface area contributed by atoms with Crippen molar-refractivity contribution in [3.05, 3.63) is 36.7 Å². The SMILES string of the molecule is NC(=O)C1=CN([C@@H]2O[C@H](COP(=O)(O)OP(=O)(O)OC[C@]3(OC=O)O[C@@H](n4cnc5c(N)ncnc54)[C@H](O)[C@@H]3O)[C@@H](O)[C@H]2O)C=CC1. The van der Waals surface area contributed by atoms with Gasteiger partial charge in [-0.05, 0) is 6.42 Å². The molecule has 3 aliphatic rings. The minimum atomic E-state index is -5.63. The Balaban J connectivity index is 1.22. The quantitative estimate of drug-likeness (QED) is 0.0750. The molecule has 258 valence electrons. The smallest absolute Gasteiger partial charge is 0.430 e. The fraction of sp³-hybridized carbons (Fsp3) is 0.500. The number of ether oxygens (including phenoxy) is 3. The monoisotopic (exact) mass is 709 g/mol. The Morgan fingerprint density at radius 1 is 1.09 bits per heavy atom. The number of aliphatic hydroxyl groups is 4. The van der Waals surface area contributed by atoms with Gasteiger partial charge in [0, 0.05) is 18.0 Å². The van der Waals surface area contributed by atoms with Crippen molar-refractivity contribution in [1.29, 1.82) is 0 Å². The minimum Gasteiger partial charge on any atom is -0.430 e. The summed E-state index contributed by atoms with van der Waals surface area (Å²) >= 11 is 0. The maximum atomic E-state index is 12.6. The molecule has 0 spiro atoms. The molecular weight excluding hydrogens is 680 g/mol. The molecule has 0 aliphatic carbocycles. The zero-order valence-corrected chi connectivity index (χ0v) is 25.5. The molecule has 0 radical (unpaired) electrons.